The highest BCUT2D eigenvalue weighted by Gasteiger charge is 2.09. The molecule has 0 aromatic carbocycles. The molecule has 1 N–H and O–H groups in total. The van der Waals surface area contributed by atoms with Gasteiger partial charge in [0.05, 0.1) is 3.79 Å². The van der Waals surface area contributed by atoms with E-state index in [1.165, 1.54) is 8.66 Å². The Morgan fingerprint density at radius 3 is 2.92 bits per heavy atom. The van der Waals surface area contributed by atoms with Gasteiger partial charge in [-0.15, -0.1) is 17.9 Å². The topological polar surface area (TPSA) is 12.0 Å². The summed E-state index contributed by atoms with van der Waals surface area (Å²) < 4.78 is 1.20. The molecule has 13 heavy (non-hydrogen) atoms. The fourth-order valence-corrected chi connectivity index (χ4v) is 2.80. The molecule has 1 aromatic heterocycles. The van der Waals surface area contributed by atoms with Crippen molar-refractivity contribution >= 4 is 27.3 Å². The van der Waals surface area contributed by atoms with E-state index in [2.05, 4.69) is 40.0 Å². The summed E-state index contributed by atoms with van der Waals surface area (Å²) in [6.07, 6.45) is 4.14. The van der Waals surface area contributed by atoms with Crippen molar-refractivity contribution in [1.82, 2.24) is 5.32 Å². The van der Waals surface area contributed by atoms with Crippen LogP contribution in [0, 0.1) is 0 Å². The Hall–Kier alpha value is -0.120. The van der Waals surface area contributed by atoms with Crippen LogP contribution in [0.25, 0.3) is 0 Å². The third-order valence-corrected chi connectivity index (χ3v) is 3.68. The fraction of sp³-hybridized carbons (Fsp3) is 0.400. The van der Waals surface area contributed by atoms with E-state index in [-0.39, 0.29) is 0 Å². The molecule has 0 fully saturated rings. The van der Waals surface area contributed by atoms with Gasteiger partial charge in [0.1, 0.15) is 0 Å². The molecule has 0 radical (unpaired) electrons. The van der Waals surface area contributed by atoms with E-state index in [9.17, 15) is 0 Å². The molecule has 1 unspecified atom stereocenters. The summed E-state index contributed by atoms with van der Waals surface area (Å²) >= 11 is 5.26. The second-order valence-electron chi connectivity index (χ2n) is 2.85. The van der Waals surface area contributed by atoms with Gasteiger partial charge in [-0.1, -0.05) is 6.08 Å². The maximum absolute atomic E-state index is 3.73. The molecule has 1 aromatic rings. The predicted molar refractivity (Wildman–Crippen MR) is 63.3 cm³/mol. The van der Waals surface area contributed by atoms with Crippen molar-refractivity contribution in [3.8, 4) is 0 Å². The lowest BCUT2D eigenvalue weighted by atomic mass is 10.1. The minimum Gasteiger partial charge on any atom is -0.312 e. The van der Waals surface area contributed by atoms with E-state index in [0.717, 1.165) is 12.8 Å². The van der Waals surface area contributed by atoms with Crippen molar-refractivity contribution < 1.29 is 0 Å². The highest BCUT2D eigenvalue weighted by atomic mass is 79.9. The van der Waals surface area contributed by atoms with Gasteiger partial charge in [0.25, 0.3) is 0 Å². The van der Waals surface area contributed by atoms with Crippen molar-refractivity contribution in [2.75, 3.05) is 7.05 Å². The largest absolute Gasteiger partial charge is 0.312 e. The molecule has 0 aliphatic rings. The minimum atomic E-state index is 0.467. The molecule has 0 aliphatic heterocycles. The molecule has 1 atom stereocenters. The van der Waals surface area contributed by atoms with E-state index in [0.29, 0.717) is 6.04 Å². The molecule has 1 heterocycles. The van der Waals surface area contributed by atoms with Crippen LogP contribution in [0.2, 0.25) is 0 Å². The second-order valence-corrected chi connectivity index (χ2v) is 5.34. The molecule has 1 rings (SSSR count). The van der Waals surface area contributed by atoms with Crippen molar-refractivity contribution in [2.45, 2.75) is 18.9 Å². The maximum Gasteiger partial charge on any atom is 0.0701 e. The molecule has 72 valence electrons. The van der Waals surface area contributed by atoms with Gasteiger partial charge in [0, 0.05) is 10.9 Å². The highest BCUT2D eigenvalue weighted by Crippen LogP contribution is 2.29. The van der Waals surface area contributed by atoms with Crippen molar-refractivity contribution in [2.24, 2.45) is 0 Å². The first-order chi connectivity index (χ1) is 6.27. The number of allylic oxidation sites excluding steroid dienone is 1. The number of thiophene rings is 1. The predicted octanol–water partition coefficient (Wildman–Crippen LogP) is 3.74. The van der Waals surface area contributed by atoms with Gasteiger partial charge < -0.3 is 5.32 Å². The second kappa shape index (κ2) is 5.58. The first kappa shape index (κ1) is 11.0. The standard InChI is InChI=1S/C10H14BrNS/c1-3-4-5-8(12-2)9-6-7-10(11)13-9/h3,6-8,12H,1,4-5H2,2H3. The van der Waals surface area contributed by atoms with Crippen molar-refractivity contribution in [1.29, 1.82) is 0 Å². The van der Waals surface area contributed by atoms with Crippen LogP contribution in [0.3, 0.4) is 0 Å². The number of halogens is 1. The van der Waals surface area contributed by atoms with Crippen LogP contribution in [-0.4, -0.2) is 7.05 Å². The zero-order chi connectivity index (χ0) is 9.68. The summed E-state index contributed by atoms with van der Waals surface area (Å²) in [6, 6.07) is 4.73. The molecule has 0 spiro atoms. The van der Waals surface area contributed by atoms with Crippen molar-refractivity contribution in [3.05, 3.63) is 33.5 Å². The maximum atomic E-state index is 3.73. The summed E-state index contributed by atoms with van der Waals surface area (Å²) in [5.74, 6) is 0. The number of rotatable bonds is 5. The molecule has 0 bridgehead atoms. The minimum absolute atomic E-state index is 0.467. The quantitative estimate of drug-likeness (QED) is 0.795. The van der Waals surface area contributed by atoms with Crippen LogP contribution >= 0.6 is 27.3 Å². The van der Waals surface area contributed by atoms with Crippen LogP contribution in [0.5, 0.6) is 0 Å². The van der Waals surface area contributed by atoms with Gasteiger partial charge >= 0.3 is 0 Å². The molecule has 1 nitrogen and oxygen atoms in total. The smallest absolute Gasteiger partial charge is 0.0701 e. The van der Waals surface area contributed by atoms with Gasteiger partial charge in [0.15, 0.2) is 0 Å². The van der Waals surface area contributed by atoms with E-state index in [1.807, 2.05) is 13.1 Å². The zero-order valence-electron chi connectivity index (χ0n) is 7.72. The van der Waals surface area contributed by atoms with Crippen LogP contribution in [-0.2, 0) is 0 Å². The van der Waals surface area contributed by atoms with Crippen LogP contribution in [0.1, 0.15) is 23.8 Å². The number of nitrogens with one attached hydrogen (secondary N) is 1. The summed E-state index contributed by atoms with van der Waals surface area (Å²) in [5, 5.41) is 3.31. The van der Waals surface area contributed by atoms with Gasteiger partial charge in [-0.3, -0.25) is 0 Å². The summed E-state index contributed by atoms with van der Waals surface area (Å²) in [7, 11) is 2.00. The van der Waals surface area contributed by atoms with E-state index in [1.54, 1.807) is 11.3 Å². The Bertz CT molecular complexity index is 270. The lowest BCUT2D eigenvalue weighted by Gasteiger charge is -2.12. The Morgan fingerprint density at radius 1 is 1.69 bits per heavy atom. The fourth-order valence-electron chi connectivity index (χ4n) is 1.23. The molecule has 0 saturated carbocycles. The molecule has 0 amide bonds. The van der Waals surface area contributed by atoms with Crippen LogP contribution in [0.4, 0.5) is 0 Å². The Morgan fingerprint density at radius 2 is 2.46 bits per heavy atom. The monoisotopic (exact) mass is 259 g/mol. The van der Waals surface area contributed by atoms with Gasteiger partial charge in [0.2, 0.25) is 0 Å². The Kier molecular flexibility index (Phi) is 4.70. The van der Waals surface area contributed by atoms with Gasteiger partial charge in [-0.2, -0.15) is 0 Å². The number of hydrogen-bond acceptors (Lipinski definition) is 2. The zero-order valence-corrected chi connectivity index (χ0v) is 10.1. The lowest BCUT2D eigenvalue weighted by Crippen LogP contribution is -2.14. The first-order valence-corrected chi connectivity index (χ1v) is 5.92. The Balaban J connectivity index is 2.60. The van der Waals surface area contributed by atoms with Crippen LogP contribution in [0.15, 0.2) is 28.6 Å². The first-order valence-electron chi connectivity index (χ1n) is 4.31. The molecule has 0 saturated heterocycles. The molecule has 3 heteroatoms. The lowest BCUT2D eigenvalue weighted by molar-refractivity contribution is 0.564. The van der Waals surface area contributed by atoms with E-state index in [4.69, 9.17) is 0 Å². The van der Waals surface area contributed by atoms with E-state index >= 15 is 0 Å². The van der Waals surface area contributed by atoms with Crippen LogP contribution < -0.4 is 5.32 Å². The molecular formula is C10H14BrNS. The normalized spacial score (nSPS) is 12.8. The third-order valence-electron chi connectivity index (χ3n) is 1.95. The van der Waals surface area contributed by atoms with E-state index < -0.39 is 0 Å². The summed E-state index contributed by atoms with van der Waals surface area (Å²) in [5.41, 5.74) is 0. The van der Waals surface area contributed by atoms with Gasteiger partial charge in [-0.05, 0) is 48.0 Å². The SMILES string of the molecule is C=CCCC(NC)c1ccc(Br)s1. The molecule has 0 aliphatic carbocycles. The third kappa shape index (κ3) is 3.25. The molecular weight excluding hydrogens is 246 g/mol. The van der Waals surface area contributed by atoms with Crippen molar-refractivity contribution in [3.63, 3.8) is 0 Å². The number of hydrogen-bond donors (Lipinski definition) is 1. The highest BCUT2D eigenvalue weighted by molar-refractivity contribution is 9.11. The Labute approximate surface area is 92.0 Å². The average molecular weight is 260 g/mol. The van der Waals surface area contributed by atoms with Gasteiger partial charge in [-0.25, -0.2) is 0 Å². The summed E-state index contributed by atoms with van der Waals surface area (Å²) in [6.45, 7) is 3.73. The summed E-state index contributed by atoms with van der Waals surface area (Å²) in [4.78, 5) is 1.39. The average Bonchev–Trinajstić information content (AvgIpc) is 2.54.